The fourth-order valence-corrected chi connectivity index (χ4v) is 0.689. The summed E-state index contributed by atoms with van der Waals surface area (Å²) in [5, 5.41) is 8.83. The van der Waals surface area contributed by atoms with Crippen molar-refractivity contribution in [3.05, 3.63) is 11.6 Å². The molecule has 0 amide bonds. The molecule has 0 bridgehead atoms. The van der Waals surface area contributed by atoms with E-state index in [1.165, 1.54) is 0 Å². The lowest BCUT2D eigenvalue weighted by molar-refractivity contribution is -0.132. The van der Waals surface area contributed by atoms with Crippen LogP contribution in [0.3, 0.4) is 0 Å². The van der Waals surface area contributed by atoms with Crippen LogP contribution in [0.1, 0.15) is 6.92 Å². The van der Waals surface area contributed by atoms with Crippen LogP contribution in [0.2, 0.25) is 0 Å². The van der Waals surface area contributed by atoms with Crippen molar-refractivity contribution in [3.8, 4) is 0 Å². The third-order valence-electron chi connectivity index (χ3n) is 0.721. The fraction of sp³-hybridized carbons (Fsp3) is 0.400. The molecule has 0 saturated heterocycles. The highest BCUT2D eigenvalue weighted by Crippen LogP contribution is 1.92. The molecule has 3 heteroatoms. The Morgan fingerprint density at radius 2 is 2.38 bits per heavy atom. The molecule has 0 unspecified atom stereocenters. The van der Waals surface area contributed by atoms with Crippen LogP contribution in [-0.2, 0) is 4.79 Å². The van der Waals surface area contributed by atoms with Gasteiger partial charge in [0, 0.05) is 10.9 Å². The highest BCUT2D eigenvalue weighted by atomic mass is 79.9. The van der Waals surface area contributed by atoms with Crippen molar-refractivity contribution >= 4 is 21.9 Å². The Bertz CT molecular complexity index is 118. The molecular formula is C5H7BrO2. The van der Waals surface area contributed by atoms with E-state index in [0.717, 1.165) is 0 Å². The molecule has 0 aromatic heterocycles. The summed E-state index contributed by atoms with van der Waals surface area (Å²) in [6, 6.07) is 0. The number of alkyl halides is 1. The van der Waals surface area contributed by atoms with Crippen molar-refractivity contribution in [2.45, 2.75) is 6.92 Å². The van der Waals surface area contributed by atoms with E-state index in [-0.39, 0.29) is 0 Å². The second-order valence-electron chi connectivity index (χ2n) is 1.35. The van der Waals surface area contributed by atoms with Gasteiger partial charge in [-0.1, -0.05) is 22.0 Å². The summed E-state index contributed by atoms with van der Waals surface area (Å²) >= 11 is 3.08. The molecule has 0 rings (SSSR count). The zero-order valence-electron chi connectivity index (χ0n) is 4.52. The summed E-state index contributed by atoms with van der Waals surface area (Å²) in [5.74, 6) is -0.857. The van der Waals surface area contributed by atoms with Gasteiger partial charge < -0.3 is 5.11 Å². The Morgan fingerprint density at radius 1 is 1.88 bits per heavy atom. The summed E-state index contributed by atoms with van der Waals surface area (Å²) < 4.78 is 0. The molecule has 0 fully saturated rings. The van der Waals surface area contributed by atoms with Crippen molar-refractivity contribution in [2.24, 2.45) is 0 Å². The fourth-order valence-electron chi connectivity index (χ4n) is 0.203. The van der Waals surface area contributed by atoms with Gasteiger partial charge in [0.1, 0.15) is 0 Å². The Morgan fingerprint density at radius 3 is 2.50 bits per heavy atom. The number of hydrogen-bond donors (Lipinski definition) is 1. The standard InChI is InChI=1S/C5H7BrO2/c1-4(2-3-6)5(7)8/h2H,3H2,1H3,(H,7,8)/b4-2-. The maximum absolute atomic E-state index is 10.0. The predicted molar refractivity (Wildman–Crippen MR) is 35.2 cm³/mol. The van der Waals surface area contributed by atoms with E-state index in [0.29, 0.717) is 10.9 Å². The smallest absolute Gasteiger partial charge is 0.330 e. The Hall–Kier alpha value is -0.310. The van der Waals surface area contributed by atoms with Gasteiger partial charge >= 0.3 is 5.97 Å². The third kappa shape index (κ3) is 2.80. The lowest BCUT2D eigenvalue weighted by Crippen LogP contribution is -1.95. The quantitative estimate of drug-likeness (QED) is 0.514. The van der Waals surface area contributed by atoms with Crippen molar-refractivity contribution < 1.29 is 9.90 Å². The largest absolute Gasteiger partial charge is 0.478 e. The first kappa shape index (κ1) is 7.69. The molecule has 46 valence electrons. The minimum Gasteiger partial charge on any atom is -0.478 e. The maximum Gasteiger partial charge on any atom is 0.330 e. The highest BCUT2D eigenvalue weighted by Gasteiger charge is 1.95. The van der Waals surface area contributed by atoms with Gasteiger partial charge in [-0.15, -0.1) is 0 Å². The molecule has 0 aromatic carbocycles. The van der Waals surface area contributed by atoms with Crippen LogP contribution < -0.4 is 0 Å². The molecule has 8 heavy (non-hydrogen) atoms. The van der Waals surface area contributed by atoms with E-state index in [1.54, 1.807) is 13.0 Å². The monoisotopic (exact) mass is 178 g/mol. The highest BCUT2D eigenvalue weighted by molar-refractivity contribution is 9.09. The maximum atomic E-state index is 10.0. The van der Waals surface area contributed by atoms with Crippen LogP contribution >= 0.6 is 15.9 Å². The number of rotatable bonds is 2. The second kappa shape index (κ2) is 3.66. The van der Waals surface area contributed by atoms with Crippen LogP contribution in [0.4, 0.5) is 0 Å². The molecule has 0 radical (unpaired) electrons. The van der Waals surface area contributed by atoms with Crippen molar-refractivity contribution in [2.75, 3.05) is 5.33 Å². The summed E-state index contributed by atoms with van der Waals surface area (Å²) in [4.78, 5) is 10.0. The number of allylic oxidation sites excluding steroid dienone is 1. The molecule has 0 aliphatic heterocycles. The van der Waals surface area contributed by atoms with Crippen LogP contribution in [-0.4, -0.2) is 16.4 Å². The predicted octanol–water partition coefficient (Wildman–Crippen LogP) is 1.41. The van der Waals surface area contributed by atoms with E-state index in [9.17, 15) is 4.79 Å². The number of hydrogen-bond acceptors (Lipinski definition) is 1. The number of carbonyl (C=O) groups is 1. The number of carboxylic acid groups (broad SMARTS) is 1. The summed E-state index contributed by atoms with van der Waals surface area (Å²) in [6.45, 7) is 1.56. The van der Waals surface area contributed by atoms with E-state index >= 15 is 0 Å². The first-order chi connectivity index (χ1) is 3.68. The van der Waals surface area contributed by atoms with E-state index in [4.69, 9.17) is 5.11 Å². The number of carboxylic acids is 1. The molecule has 1 N–H and O–H groups in total. The third-order valence-corrected chi connectivity index (χ3v) is 1.04. The van der Waals surface area contributed by atoms with Gasteiger partial charge in [-0.3, -0.25) is 0 Å². The normalized spacial score (nSPS) is 11.5. The average Bonchev–Trinajstić information content (AvgIpc) is 1.67. The van der Waals surface area contributed by atoms with Crippen molar-refractivity contribution in [1.29, 1.82) is 0 Å². The van der Waals surface area contributed by atoms with Crippen molar-refractivity contribution in [3.63, 3.8) is 0 Å². The lowest BCUT2D eigenvalue weighted by Gasteiger charge is -1.86. The summed E-state index contributed by atoms with van der Waals surface area (Å²) in [5.41, 5.74) is 0.377. The molecular weight excluding hydrogens is 172 g/mol. The topological polar surface area (TPSA) is 37.3 Å². The van der Waals surface area contributed by atoms with Gasteiger partial charge in [0.25, 0.3) is 0 Å². The molecule has 0 aliphatic rings. The van der Waals surface area contributed by atoms with E-state index in [2.05, 4.69) is 15.9 Å². The molecule has 2 nitrogen and oxygen atoms in total. The van der Waals surface area contributed by atoms with Gasteiger partial charge in [0.2, 0.25) is 0 Å². The Balaban J connectivity index is 3.80. The van der Waals surface area contributed by atoms with Gasteiger partial charge in [0.15, 0.2) is 0 Å². The van der Waals surface area contributed by atoms with Gasteiger partial charge in [-0.05, 0) is 6.92 Å². The first-order valence-corrected chi connectivity index (χ1v) is 3.26. The molecule has 0 atom stereocenters. The van der Waals surface area contributed by atoms with Crippen LogP contribution in [0.25, 0.3) is 0 Å². The van der Waals surface area contributed by atoms with Gasteiger partial charge in [-0.25, -0.2) is 4.79 Å². The summed E-state index contributed by atoms with van der Waals surface area (Å²) in [6.07, 6.45) is 1.60. The Labute approximate surface area is 56.3 Å². The number of aliphatic carboxylic acids is 1. The zero-order valence-corrected chi connectivity index (χ0v) is 6.10. The van der Waals surface area contributed by atoms with Crippen LogP contribution in [0.5, 0.6) is 0 Å². The average molecular weight is 179 g/mol. The molecule has 0 aliphatic carbocycles. The Kier molecular flexibility index (Phi) is 3.52. The van der Waals surface area contributed by atoms with E-state index < -0.39 is 5.97 Å². The molecule has 0 saturated carbocycles. The van der Waals surface area contributed by atoms with E-state index in [1.807, 2.05) is 0 Å². The minimum atomic E-state index is -0.857. The SMILES string of the molecule is C/C(=C/CBr)C(=O)O. The van der Waals surface area contributed by atoms with Crippen molar-refractivity contribution in [1.82, 2.24) is 0 Å². The summed E-state index contributed by atoms with van der Waals surface area (Å²) in [7, 11) is 0. The molecule has 0 spiro atoms. The second-order valence-corrected chi connectivity index (χ2v) is 1.99. The zero-order chi connectivity index (χ0) is 6.57. The molecule has 0 aromatic rings. The van der Waals surface area contributed by atoms with Crippen LogP contribution in [0, 0.1) is 0 Å². The van der Waals surface area contributed by atoms with Gasteiger partial charge in [-0.2, -0.15) is 0 Å². The molecule has 0 heterocycles. The van der Waals surface area contributed by atoms with Crippen LogP contribution in [0.15, 0.2) is 11.6 Å². The first-order valence-electron chi connectivity index (χ1n) is 2.14. The number of halogens is 1. The van der Waals surface area contributed by atoms with Gasteiger partial charge in [0.05, 0.1) is 0 Å². The minimum absolute atomic E-state index is 0.377. The lowest BCUT2D eigenvalue weighted by atomic mass is 10.3.